The maximum Gasteiger partial charge on any atom is 0.244 e. The zero-order valence-corrected chi connectivity index (χ0v) is 16.0. The van der Waals surface area contributed by atoms with Crippen LogP contribution in [0.3, 0.4) is 0 Å². The van der Waals surface area contributed by atoms with Crippen LogP contribution in [0.1, 0.15) is 5.69 Å². The second-order valence-electron chi connectivity index (χ2n) is 5.88. The summed E-state index contributed by atoms with van der Waals surface area (Å²) in [4.78, 5) is 30.8. The largest absolute Gasteiger partial charge is 0.323 e. The number of thiazole rings is 1. The van der Waals surface area contributed by atoms with Crippen molar-refractivity contribution in [2.75, 3.05) is 16.8 Å². The molecule has 2 amide bonds. The molecule has 1 aliphatic heterocycles. The number of carbonyl (C=O) groups is 2. The summed E-state index contributed by atoms with van der Waals surface area (Å²) < 4.78 is 0.985. The van der Waals surface area contributed by atoms with Crippen LogP contribution >= 0.6 is 27.3 Å². The number of fused-ring (bicyclic) bond motifs is 1. The third kappa shape index (κ3) is 3.40. The molecule has 0 saturated carbocycles. The number of benzene rings is 2. The molecule has 3 aromatic rings. The van der Waals surface area contributed by atoms with Crippen LogP contribution in [0.2, 0.25) is 0 Å². The minimum atomic E-state index is -0.190. The lowest BCUT2D eigenvalue weighted by Crippen LogP contribution is -2.42. The van der Waals surface area contributed by atoms with E-state index in [1.807, 2.05) is 47.8 Å². The molecule has 0 spiro atoms. The Morgan fingerprint density at radius 1 is 1.23 bits per heavy atom. The van der Waals surface area contributed by atoms with E-state index in [-0.39, 0.29) is 24.8 Å². The van der Waals surface area contributed by atoms with Crippen LogP contribution in [0.4, 0.5) is 11.4 Å². The summed E-state index contributed by atoms with van der Waals surface area (Å²) in [7, 11) is 0. The van der Waals surface area contributed by atoms with Gasteiger partial charge >= 0.3 is 0 Å². The van der Waals surface area contributed by atoms with Gasteiger partial charge in [-0.3, -0.25) is 9.59 Å². The van der Waals surface area contributed by atoms with Crippen molar-refractivity contribution in [3.8, 4) is 10.6 Å². The minimum Gasteiger partial charge on any atom is -0.323 e. The van der Waals surface area contributed by atoms with Gasteiger partial charge in [-0.15, -0.1) is 11.3 Å². The quantitative estimate of drug-likeness (QED) is 0.684. The van der Waals surface area contributed by atoms with Gasteiger partial charge in [-0.1, -0.05) is 40.2 Å². The van der Waals surface area contributed by atoms with Gasteiger partial charge in [0.1, 0.15) is 11.6 Å². The zero-order valence-electron chi connectivity index (χ0n) is 13.6. The molecule has 2 heterocycles. The summed E-state index contributed by atoms with van der Waals surface area (Å²) in [5.74, 6) is -0.330. The van der Waals surface area contributed by atoms with Gasteiger partial charge in [-0.2, -0.15) is 0 Å². The molecule has 7 heteroatoms. The van der Waals surface area contributed by atoms with Crippen molar-refractivity contribution in [1.29, 1.82) is 0 Å². The molecule has 1 aromatic heterocycles. The highest BCUT2D eigenvalue weighted by Crippen LogP contribution is 2.30. The van der Waals surface area contributed by atoms with Crippen molar-refractivity contribution in [3.05, 3.63) is 64.1 Å². The monoisotopic (exact) mass is 427 g/mol. The molecule has 0 bridgehead atoms. The minimum absolute atomic E-state index is 0.0263. The topological polar surface area (TPSA) is 62.3 Å². The molecule has 0 saturated heterocycles. The summed E-state index contributed by atoms with van der Waals surface area (Å²) in [5.41, 5.74) is 3.09. The Kier molecular flexibility index (Phi) is 4.57. The molecule has 0 radical (unpaired) electrons. The van der Waals surface area contributed by atoms with Gasteiger partial charge in [0.2, 0.25) is 11.8 Å². The van der Waals surface area contributed by atoms with E-state index < -0.39 is 0 Å². The molecular weight excluding hydrogens is 414 g/mol. The Morgan fingerprint density at radius 3 is 2.92 bits per heavy atom. The summed E-state index contributed by atoms with van der Waals surface area (Å²) in [5, 5.41) is 5.55. The average molecular weight is 428 g/mol. The molecule has 0 aliphatic carbocycles. The smallest absolute Gasteiger partial charge is 0.244 e. The van der Waals surface area contributed by atoms with Gasteiger partial charge in [0.15, 0.2) is 0 Å². The molecule has 2 aromatic carbocycles. The van der Waals surface area contributed by atoms with Crippen LogP contribution in [0.15, 0.2) is 58.4 Å². The van der Waals surface area contributed by atoms with Crippen LogP contribution in [-0.2, 0) is 16.0 Å². The van der Waals surface area contributed by atoms with Crippen molar-refractivity contribution in [2.45, 2.75) is 6.42 Å². The van der Waals surface area contributed by atoms with E-state index in [1.165, 1.54) is 16.2 Å². The Bertz CT molecular complexity index is 1000. The number of carbonyl (C=O) groups excluding carboxylic acids is 2. The van der Waals surface area contributed by atoms with Crippen molar-refractivity contribution in [2.24, 2.45) is 0 Å². The van der Waals surface area contributed by atoms with E-state index in [0.29, 0.717) is 11.4 Å². The number of hydrogen-bond acceptors (Lipinski definition) is 4. The highest BCUT2D eigenvalue weighted by Gasteiger charge is 2.27. The molecule has 4 rings (SSSR count). The third-order valence-corrected chi connectivity index (χ3v) is 5.46. The van der Waals surface area contributed by atoms with Gasteiger partial charge in [0.25, 0.3) is 0 Å². The van der Waals surface area contributed by atoms with Crippen LogP contribution in [-0.4, -0.2) is 23.3 Å². The molecule has 5 nitrogen and oxygen atoms in total. The van der Waals surface area contributed by atoms with Gasteiger partial charge in [-0.05, 0) is 24.3 Å². The Hall–Kier alpha value is -2.51. The van der Waals surface area contributed by atoms with Crippen molar-refractivity contribution < 1.29 is 9.59 Å². The van der Waals surface area contributed by atoms with E-state index in [4.69, 9.17) is 0 Å². The molecule has 0 atom stereocenters. The lowest BCUT2D eigenvalue weighted by molar-refractivity contribution is -0.121. The Morgan fingerprint density at radius 2 is 2.08 bits per heavy atom. The zero-order chi connectivity index (χ0) is 18.1. The Labute approximate surface area is 162 Å². The molecule has 1 N–H and O–H groups in total. The summed E-state index contributed by atoms with van der Waals surface area (Å²) in [6.45, 7) is 0.0263. The molecule has 1 aliphatic rings. The standard InChI is InChI=1S/C19H14BrN3O2S/c20-13-5-3-4-12(8-13)19-21-14(11-26-19)9-18(25)23-10-17(24)22-15-6-1-2-7-16(15)23/h1-8,11H,9-10H2,(H,22,24). The first-order chi connectivity index (χ1) is 12.6. The average Bonchev–Trinajstić information content (AvgIpc) is 3.09. The van der Waals surface area contributed by atoms with Gasteiger partial charge < -0.3 is 10.2 Å². The first-order valence-corrected chi connectivity index (χ1v) is 9.67. The maximum atomic E-state index is 12.8. The summed E-state index contributed by atoms with van der Waals surface area (Å²) >= 11 is 4.96. The van der Waals surface area contributed by atoms with Crippen molar-refractivity contribution in [3.63, 3.8) is 0 Å². The number of nitrogens with zero attached hydrogens (tertiary/aromatic N) is 2. The van der Waals surface area contributed by atoms with E-state index in [9.17, 15) is 9.59 Å². The number of amides is 2. The highest BCUT2D eigenvalue weighted by molar-refractivity contribution is 9.10. The number of rotatable bonds is 3. The van der Waals surface area contributed by atoms with Gasteiger partial charge in [0, 0.05) is 15.4 Å². The number of aromatic nitrogens is 1. The van der Waals surface area contributed by atoms with Crippen LogP contribution in [0, 0.1) is 0 Å². The summed E-state index contributed by atoms with van der Waals surface area (Å²) in [6.07, 6.45) is 0.159. The molecular formula is C19H14BrN3O2S. The van der Waals surface area contributed by atoms with E-state index in [2.05, 4.69) is 26.2 Å². The number of anilines is 2. The predicted molar refractivity (Wildman–Crippen MR) is 106 cm³/mol. The molecule has 130 valence electrons. The van der Waals surface area contributed by atoms with Crippen LogP contribution in [0.5, 0.6) is 0 Å². The fraction of sp³-hybridized carbons (Fsp3) is 0.105. The van der Waals surface area contributed by atoms with Crippen LogP contribution in [0.25, 0.3) is 10.6 Å². The van der Waals surface area contributed by atoms with Gasteiger partial charge in [-0.25, -0.2) is 4.98 Å². The first kappa shape index (κ1) is 16.9. The van der Waals surface area contributed by atoms with Crippen molar-refractivity contribution in [1.82, 2.24) is 4.98 Å². The van der Waals surface area contributed by atoms with Crippen molar-refractivity contribution >= 4 is 50.5 Å². The first-order valence-electron chi connectivity index (χ1n) is 8.00. The molecule has 0 fully saturated rings. The fourth-order valence-corrected chi connectivity index (χ4v) is 4.06. The lowest BCUT2D eigenvalue weighted by Gasteiger charge is -2.29. The molecule has 0 unspecified atom stereocenters. The third-order valence-electron chi connectivity index (χ3n) is 4.03. The number of hydrogen-bond donors (Lipinski definition) is 1. The fourth-order valence-electron chi connectivity index (χ4n) is 2.85. The van der Waals surface area contributed by atoms with E-state index >= 15 is 0 Å². The summed E-state index contributed by atoms with van der Waals surface area (Å²) in [6, 6.07) is 15.2. The van der Waals surface area contributed by atoms with Crippen LogP contribution < -0.4 is 10.2 Å². The Balaban J connectivity index is 1.55. The lowest BCUT2D eigenvalue weighted by atomic mass is 10.1. The number of halogens is 1. The number of nitrogens with one attached hydrogen (secondary N) is 1. The highest BCUT2D eigenvalue weighted by atomic mass is 79.9. The maximum absolute atomic E-state index is 12.8. The number of para-hydroxylation sites is 2. The second-order valence-corrected chi connectivity index (χ2v) is 7.65. The predicted octanol–water partition coefficient (Wildman–Crippen LogP) is 4.10. The van der Waals surface area contributed by atoms with E-state index in [1.54, 1.807) is 6.07 Å². The normalized spacial score (nSPS) is 13.3. The molecule has 26 heavy (non-hydrogen) atoms. The second kappa shape index (κ2) is 7.01. The van der Waals surface area contributed by atoms with E-state index in [0.717, 1.165) is 20.7 Å². The SMILES string of the molecule is O=C1CN(C(=O)Cc2csc(-c3cccc(Br)c3)n2)c2ccccc2N1. The van der Waals surface area contributed by atoms with Gasteiger partial charge in [0.05, 0.1) is 23.5 Å².